The van der Waals surface area contributed by atoms with Gasteiger partial charge in [-0.15, -0.1) is 0 Å². The topological polar surface area (TPSA) is 38.3 Å². The van der Waals surface area contributed by atoms with E-state index >= 15 is 0 Å². The minimum atomic E-state index is -0.481. The number of benzene rings is 1. The van der Waals surface area contributed by atoms with Crippen LogP contribution in [0.1, 0.15) is 5.56 Å². The number of aryl methyl sites for hydroxylation is 1. The molecule has 0 saturated carbocycles. The molecule has 1 aromatic rings. The second-order valence-electron chi connectivity index (χ2n) is 2.55. The Balaban J connectivity index is 2.83. The van der Waals surface area contributed by atoms with Crippen LogP contribution in [-0.2, 0) is 0 Å². The summed E-state index contributed by atoms with van der Waals surface area (Å²) in [5.74, 6) is 0.517. The molecule has 0 aliphatic carbocycles. The first-order valence-corrected chi connectivity index (χ1v) is 4.17. The number of hydrogen-bond acceptors (Lipinski definition) is 2. The second kappa shape index (κ2) is 4.14. The molecule has 0 atom stereocenters. The van der Waals surface area contributed by atoms with Crippen LogP contribution in [0, 0.1) is 6.92 Å². The predicted molar refractivity (Wildman–Crippen MR) is 51.3 cm³/mol. The maximum Gasteiger partial charge on any atom is 0.412 e. The lowest BCUT2D eigenvalue weighted by molar-refractivity contribution is 0.202. The number of carbonyl (C=O) groups excluding carboxylic acids is 1. The Morgan fingerprint density at radius 1 is 1.54 bits per heavy atom. The smallest absolute Gasteiger partial charge is 0.410 e. The molecule has 0 saturated heterocycles. The van der Waals surface area contributed by atoms with Crippen LogP contribution in [0.3, 0.4) is 0 Å². The molecule has 0 aliphatic rings. The van der Waals surface area contributed by atoms with E-state index in [4.69, 9.17) is 16.3 Å². The zero-order chi connectivity index (χ0) is 9.84. The predicted octanol–water partition coefficient (Wildman–Crippen LogP) is 2.37. The quantitative estimate of drug-likeness (QED) is 0.754. The van der Waals surface area contributed by atoms with Gasteiger partial charge in [0.25, 0.3) is 0 Å². The first-order chi connectivity index (χ1) is 6.13. The molecular formula is C9H10ClNO2. The van der Waals surface area contributed by atoms with Crippen LogP contribution < -0.4 is 10.1 Å². The molecule has 0 aliphatic heterocycles. The largest absolute Gasteiger partial charge is 0.412 e. The Morgan fingerprint density at radius 2 is 2.23 bits per heavy atom. The van der Waals surface area contributed by atoms with Crippen molar-refractivity contribution in [2.75, 3.05) is 7.05 Å². The average molecular weight is 200 g/mol. The molecule has 0 spiro atoms. The normalized spacial score (nSPS) is 9.46. The number of halogens is 1. The van der Waals surface area contributed by atoms with E-state index in [0.29, 0.717) is 10.8 Å². The molecule has 0 fully saturated rings. The van der Waals surface area contributed by atoms with Gasteiger partial charge < -0.3 is 10.1 Å². The third kappa shape index (κ3) is 2.63. The average Bonchev–Trinajstić information content (AvgIpc) is 2.09. The minimum absolute atomic E-state index is 0.481. The van der Waals surface area contributed by atoms with Crippen LogP contribution >= 0.6 is 11.6 Å². The molecule has 1 N–H and O–H groups in total. The highest BCUT2D eigenvalue weighted by atomic mass is 35.5. The number of rotatable bonds is 1. The van der Waals surface area contributed by atoms with Gasteiger partial charge >= 0.3 is 6.09 Å². The van der Waals surface area contributed by atoms with E-state index in [0.717, 1.165) is 5.56 Å². The number of hydrogen-bond donors (Lipinski definition) is 1. The maximum atomic E-state index is 10.9. The lowest BCUT2D eigenvalue weighted by atomic mass is 10.2. The summed E-state index contributed by atoms with van der Waals surface area (Å²) in [7, 11) is 1.51. The van der Waals surface area contributed by atoms with Crippen molar-refractivity contribution >= 4 is 17.7 Å². The van der Waals surface area contributed by atoms with E-state index in [9.17, 15) is 4.79 Å². The Bertz CT molecular complexity index is 325. The fourth-order valence-electron chi connectivity index (χ4n) is 0.878. The number of nitrogens with one attached hydrogen (secondary N) is 1. The van der Waals surface area contributed by atoms with Crippen LogP contribution in [0.15, 0.2) is 18.2 Å². The summed E-state index contributed by atoms with van der Waals surface area (Å²) in [6, 6.07) is 5.07. The molecule has 1 amide bonds. The lowest BCUT2D eigenvalue weighted by Crippen LogP contribution is -2.22. The molecule has 3 nitrogen and oxygen atoms in total. The van der Waals surface area contributed by atoms with Crippen molar-refractivity contribution in [1.82, 2.24) is 5.32 Å². The zero-order valence-electron chi connectivity index (χ0n) is 7.43. The first-order valence-electron chi connectivity index (χ1n) is 3.79. The van der Waals surface area contributed by atoms with Gasteiger partial charge in [0.05, 0.1) is 0 Å². The van der Waals surface area contributed by atoms with E-state index in [-0.39, 0.29) is 0 Å². The van der Waals surface area contributed by atoms with Crippen molar-refractivity contribution < 1.29 is 9.53 Å². The van der Waals surface area contributed by atoms with Crippen LogP contribution in [-0.4, -0.2) is 13.1 Å². The van der Waals surface area contributed by atoms with Crippen molar-refractivity contribution in [2.45, 2.75) is 6.92 Å². The highest BCUT2D eigenvalue weighted by Gasteiger charge is 2.04. The van der Waals surface area contributed by atoms with Gasteiger partial charge in [0, 0.05) is 12.1 Å². The van der Waals surface area contributed by atoms with E-state index in [1.807, 2.05) is 6.92 Å². The SMILES string of the molecule is CNC(=O)Oc1ccc(Cl)cc1C. The summed E-state index contributed by atoms with van der Waals surface area (Å²) >= 11 is 5.73. The molecule has 70 valence electrons. The van der Waals surface area contributed by atoms with E-state index in [2.05, 4.69) is 5.32 Å². The molecule has 0 unspecified atom stereocenters. The summed E-state index contributed by atoms with van der Waals surface area (Å²) in [4.78, 5) is 10.9. The lowest BCUT2D eigenvalue weighted by Gasteiger charge is -2.06. The molecule has 0 bridgehead atoms. The Morgan fingerprint density at radius 3 is 2.77 bits per heavy atom. The Labute approximate surface area is 81.7 Å². The molecule has 0 radical (unpaired) electrons. The van der Waals surface area contributed by atoms with Gasteiger partial charge in [0.15, 0.2) is 0 Å². The second-order valence-corrected chi connectivity index (χ2v) is 2.99. The van der Waals surface area contributed by atoms with Gasteiger partial charge in [-0.2, -0.15) is 0 Å². The number of ether oxygens (including phenoxy) is 1. The summed E-state index contributed by atoms with van der Waals surface area (Å²) in [6.45, 7) is 1.82. The van der Waals surface area contributed by atoms with Crippen LogP contribution in [0.2, 0.25) is 5.02 Å². The third-order valence-electron chi connectivity index (χ3n) is 1.54. The van der Waals surface area contributed by atoms with Crippen molar-refractivity contribution in [3.63, 3.8) is 0 Å². The van der Waals surface area contributed by atoms with E-state index in [1.165, 1.54) is 7.05 Å². The van der Waals surface area contributed by atoms with Gasteiger partial charge in [-0.3, -0.25) is 0 Å². The van der Waals surface area contributed by atoms with Crippen LogP contribution in [0.25, 0.3) is 0 Å². The van der Waals surface area contributed by atoms with Gasteiger partial charge in [-0.25, -0.2) is 4.79 Å². The molecule has 4 heteroatoms. The Hall–Kier alpha value is -1.22. The molecule has 13 heavy (non-hydrogen) atoms. The van der Waals surface area contributed by atoms with Gasteiger partial charge in [0.1, 0.15) is 5.75 Å². The summed E-state index contributed by atoms with van der Waals surface area (Å²) in [5.41, 5.74) is 0.830. The summed E-state index contributed by atoms with van der Waals surface area (Å²) in [6.07, 6.45) is -0.481. The van der Waals surface area contributed by atoms with E-state index in [1.54, 1.807) is 18.2 Å². The van der Waals surface area contributed by atoms with Gasteiger partial charge in [-0.05, 0) is 30.7 Å². The maximum absolute atomic E-state index is 10.9. The van der Waals surface area contributed by atoms with Crippen molar-refractivity contribution in [3.8, 4) is 5.75 Å². The highest BCUT2D eigenvalue weighted by Crippen LogP contribution is 2.21. The monoisotopic (exact) mass is 199 g/mol. The zero-order valence-corrected chi connectivity index (χ0v) is 8.18. The highest BCUT2D eigenvalue weighted by molar-refractivity contribution is 6.30. The number of amides is 1. The van der Waals surface area contributed by atoms with Gasteiger partial charge in [0.2, 0.25) is 0 Å². The molecule has 0 heterocycles. The third-order valence-corrected chi connectivity index (χ3v) is 1.78. The van der Waals surface area contributed by atoms with Crippen molar-refractivity contribution in [1.29, 1.82) is 0 Å². The number of carbonyl (C=O) groups is 1. The first kappa shape index (κ1) is 9.86. The minimum Gasteiger partial charge on any atom is -0.410 e. The molecule has 1 aromatic carbocycles. The standard InChI is InChI=1S/C9H10ClNO2/c1-6-5-7(10)3-4-8(6)13-9(12)11-2/h3-5H,1-2H3,(H,11,12). The molecular weight excluding hydrogens is 190 g/mol. The van der Waals surface area contributed by atoms with Crippen molar-refractivity contribution in [2.24, 2.45) is 0 Å². The fourth-order valence-corrected chi connectivity index (χ4v) is 1.10. The molecule has 0 aromatic heterocycles. The van der Waals surface area contributed by atoms with Gasteiger partial charge in [-0.1, -0.05) is 11.6 Å². The Kier molecular flexibility index (Phi) is 3.14. The fraction of sp³-hybridized carbons (Fsp3) is 0.222. The van der Waals surface area contributed by atoms with E-state index < -0.39 is 6.09 Å². The van der Waals surface area contributed by atoms with Crippen molar-refractivity contribution in [3.05, 3.63) is 28.8 Å². The van der Waals surface area contributed by atoms with Crippen LogP contribution in [0.5, 0.6) is 5.75 Å². The van der Waals surface area contributed by atoms with Crippen LogP contribution in [0.4, 0.5) is 4.79 Å². The summed E-state index contributed by atoms with van der Waals surface area (Å²) < 4.78 is 4.94. The summed E-state index contributed by atoms with van der Waals surface area (Å²) in [5, 5.41) is 2.99. The molecule has 1 rings (SSSR count).